The van der Waals surface area contributed by atoms with Gasteiger partial charge in [0.05, 0.1) is 17.9 Å². The molecule has 0 unspecified atom stereocenters. The number of fused-ring (bicyclic) bond motifs is 1. The van der Waals surface area contributed by atoms with Gasteiger partial charge in [0.15, 0.2) is 13.6 Å². The molecule has 1 fully saturated rings. The van der Waals surface area contributed by atoms with E-state index in [1.165, 1.54) is 11.3 Å². The second-order valence-corrected chi connectivity index (χ2v) is 8.56. The van der Waals surface area contributed by atoms with Gasteiger partial charge in [-0.05, 0) is 69.0 Å². The summed E-state index contributed by atoms with van der Waals surface area (Å²) >= 11 is 1.40. The van der Waals surface area contributed by atoms with Gasteiger partial charge in [0.25, 0.3) is 0 Å². The van der Waals surface area contributed by atoms with Crippen molar-refractivity contribution in [1.82, 2.24) is 9.97 Å². The SMILES string of the molecule is [B]N1CCC(CCc2noc3c(CO)c(OCc4ccc(C#N)s4)ccc23)CC1. The van der Waals surface area contributed by atoms with Gasteiger partial charge in [-0.1, -0.05) is 5.16 Å². The number of rotatable bonds is 7. The first-order valence-corrected chi connectivity index (χ1v) is 10.6. The van der Waals surface area contributed by atoms with Crippen LogP contribution < -0.4 is 4.74 Å². The Balaban J connectivity index is 1.46. The summed E-state index contributed by atoms with van der Waals surface area (Å²) in [7, 11) is 5.84. The number of aliphatic hydroxyl groups is 1. The molecular formula is C21H22BN3O3S. The van der Waals surface area contributed by atoms with Crippen LogP contribution in [0.3, 0.4) is 0 Å². The van der Waals surface area contributed by atoms with Crippen molar-refractivity contribution in [1.29, 1.82) is 5.26 Å². The molecule has 1 saturated heterocycles. The first-order valence-electron chi connectivity index (χ1n) is 9.80. The van der Waals surface area contributed by atoms with Gasteiger partial charge in [0.1, 0.15) is 23.3 Å². The molecule has 0 bridgehead atoms. The molecule has 1 aromatic carbocycles. The molecule has 29 heavy (non-hydrogen) atoms. The first-order chi connectivity index (χ1) is 14.2. The maximum atomic E-state index is 9.90. The topological polar surface area (TPSA) is 82.5 Å². The van der Waals surface area contributed by atoms with Gasteiger partial charge in [-0.25, -0.2) is 0 Å². The monoisotopic (exact) mass is 407 g/mol. The smallest absolute Gasteiger partial charge is 0.182 e. The van der Waals surface area contributed by atoms with Crippen LogP contribution in [0.1, 0.15) is 40.3 Å². The van der Waals surface area contributed by atoms with Crippen molar-refractivity contribution in [2.75, 3.05) is 13.1 Å². The normalized spacial score (nSPS) is 15.6. The van der Waals surface area contributed by atoms with Crippen molar-refractivity contribution in [3.8, 4) is 11.8 Å². The molecule has 0 atom stereocenters. The summed E-state index contributed by atoms with van der Waals surface area (Å²) in [6.45, 7) is 2.04. The Bertz CT molecular complexity index is 1020. The van der Waals surface area contributed by atoms with Gasteiger partial charge in [0.2, 0.25) is 0 Å². The number of thiophene rings is 1. The number of hydrogen-bond acceptors (Lipinski definition) is 7. The highest BCUT2D eigenvalue weighted by atomic mass is 32.1. The van der Waals surface area contributed by atoms with Crippen LogP contribution in [0.5, 0.6) is 5.75 Å². The molecule has 4 rings (SSSR count). The summed E-state index contributed by atoms with van der Waals surface area (Å²) in [5, 5.41) is 24.0. The molecule has 8 heteroatoms. The molecule has 0 amide bonds. The lowest BCUT2D eigenvalue weighted by Crippen LogP contribution is -2.31. The van der Waals surface area contributed by atoms with Crippen LogP contribution in [-0.4, -0.2) is 36.1 Å². The fourth-order valence-electron chi connectivity index (χ4n) is 3.80. The minimum Gasteiger partial charge on any atom is -0.488 e. The number of aryl methyl sites for hydroxylation is 1. The minimum absolute atomic E-state index is 0.190. The van der Waals surface area contributed by atoms with E-state index in [2.05, 4.69) is 11.2 Å². The van der Waals surface area contributed by atoms with E-state index in [4.69, 9.17) is 22.5 Å². The molecule has 3 heterocycles. The molecule has 3 aromatic rings. The van der Waals surface area contributed by atoms with Crippen LogP contribution in [0, 0.1) is 17.2 Å². The van der Waals surface area contributed by atoms with Crippen LogP contribution in [0.25, 0.3) is 11.0 Å². The lowest BCUT2D eigenvalue weighted by molar-refractivity contribution is 0.259. The maximum Gasteiger partial charge on any atom is 0.182 e. The molecule has 0 aliphatic carbocycles. The third-order valence-electron chi connectivity index (χ3n) is 5.51. The third kappa shape index (κ3) is 4.48. The molecular weight excluding hydrogens is 385 g/mol. The van der Waals surface area contributed by atoms with Crippen LogP contribution in [0.4, 0.5) is 0 Å². The highest BCUT2D eigenvalue weighted by Gasteiger charge is 2.20. The highest BCUT2D eigenvalue weighted by molar-refractivity contribution is 7.12. The molecule has 0 saturated carbocycles. The summed E-state index contributed by atoms with van der Waals surface area (Å²) in [5.41, 5.74) is 2.11. The van der Waals surface area contributed by atoms with Crippen LogP contribution in [0.2, 0.25) is 0 Å². The van der Waals surface area contributed by atoms with Crippen molar-refractivity contribution < 1.29 is 14.4 Å². The van der Waals surface area contributed by atoms with Gasteiger partial charge in [-0.2, -0.15) is 5.26 Å². The number of benzene rings is 1. The van der Waals surface area contributed by atoms with Gasteiger partial charge in [-0.3, -0.25) is 0 Å². The van der Waals surface area contributed by atoms with E-state index >= 15 is 0 Å². The second-order valence-electron chi connectivity index (χ2n) is 7.39. The lowest BCUT2D eigenvalue weighted by atomic mass is 9.90. The van der Waals surface area contributed by atoms with Crippen LogP contribution >= 0.6 is 11.3 Å². The lowest BCUT2D eigenvalue weighted by Gasteiger charge is -2.29. The molecule has 6 nitrogen and oxygen atoms in total. The zero-order valence-corrected chi connectivity index (χ0v) is 17.0. The average Bonchev–Trinajstić information content (AvgIpc) is 3.38. The summed E-state index contributed by atoms with van der Waals surface area (Å²) in [4.78, 5) is 3.49. The Kier molecular flexibility index (Phi) is 6.19. The molecule has 2 aromatic heterocycles. The van der Waals surface area contributed by atoms with E-state index in [1.807, 2.05) is 23.0 Å². The van der Waals surface area contributed by atoms with E-state index in [0.717, 1.165) is 54.7 Å². The first kappa shape index (κ1) is 20.0. The predicted octanol–water partition coefficient (Wildman–Crippen LogP) is 3.56. The minimum atomic E-state index is -0.190. The summed E-state index contributed by atoms with van der Waals surface area (Å²) < 4.78 is 11.5. The largest absolute Gasteiger partial charge is 0.488 e. The van der Waals surface area contributed by atoms with Crippen molar-refractivity contribution in [3.63, 3.8) is 0 Å². The Morgan fingerprint density at radius 3 is 2.86 bits per heavy atom. The fourth-order valence-corrected chi connectivity index (χ4v) is 4.52. The number of aliphatic hydroxyl groups excluding tert-OH is 1. The molecule has 1 aliphatic heterocycles. The number of nitrogens with zero attached hydrogens (tertiary/aromatic N) is 3. The maximum absolute atomic E-state index is 9.90. The van der Waals surface area contributed by atoms with Gasteiger partial charge < -0.3 is 19.2 Å². The number of hydrogen-bond donors (Lipinski definition) is 1. The Morgan fingerprint density at radius 2 is 2.14 bits per heavy atom. The Labute approximate surface area is 175 Å². The molecule has 1 aliphatic rings. The molecule has 0 spiro atoms. The highest BCUT2D eigenvalue weighted by Crippen LogP contribution is 2.32. The fraction of sp³-hybridized carbons (Fsp3) is 0.429. The van der Waals surface area contributed by atoms with E-state index in [-0.39, 0.29) is 6.61 Å². The molecule has 148 valence electrons. The van der Waals surface area contributed by atoms with Crippen molar-refractivity contribution >= 4 is 30.3 Å². The predicted molar refractivity (Wildman–Crippen MR) is 112 cm³/mol. The van der Waals surface area contributed by atoms with Gasteiger partial charge in [0, 0.05) is 10.3 Å². The number of nitriles is 1. The second kappa shape index (κ2) is 8.99. The van der Waals surface area contributed by atoms with Crippen LogP contribution in [-0.2, 0) is 19.6 Å². The summed E-state index contributed by atoms with van der Waals surface area (Å²) in [6, 6.07) is 9.59. The molecule has 1 N–H and O–H groups in total. The van der Waals surface area contributed by atoms with E-state index < -0.39 is 0 Å². The van der Waals surface area contributed by atoms with E-state index in [1.54, 1.807) is 6.07 Å². The van der Waals surface area contributed by atoms with Crippen molar-refractivity contribution in [2.45, 2.75) is 38.9 Å². The standard InChI is InChI=1S/C21H22BN3O3S/c22-25-9-7-14(8-10-25)1-5-19-17-4-6-20(18(12-26)21(17)28-24-19)27-13-16-3-2-15(11-23)29-16/h2-4,6,14,26H,1,5,7-10,12-13H2. The summed E-state index contributed by atoms with van der Waals surface area (Å²) in [5.74, 6) is 1.23. The van der Waals surface area contributed by atoms with Crippen LogP contribution in [0.15, 0.2) is 28.8 Å². The van der Waals surface area contributed by atoms with E-state index in [0.29, 0.717) is 34.3 Å². The quantitative estimate of drug-likeness (QED) is 0.603. The van der Waals surface area contributed by atoms with Crippen molar-refractivity contribution in [3.05, 3.63) is 45.3 Å². The Hall–Kier alpha value is -2.34. The van der Waals surface area contributed by atoms with Crippen molar-refractivity contribution in [2.24, 2.45) is 5.92 Å². The van der Waals surface area contributed by atoms with Gasteiger partial charge in [-0.15, -0.1) is 11.3 Å². The Morgan fingerprint density at radius 1 is 1.31 bits per heavy atom. The number of ether oxygens (including phenoxy) is 1. The summed E-state index contributed by atoms with van der Waals surface area (Å²) in [6.07, 6.45) is 4.13. The third-order valence-corrected chi connectivity index (χ3v) is 6.48. The zero-order valence-electron chi connectivity index (χ0n) is 16.1. The van der Waals surface area contributed by atoms with Gasteiger partial charge >= 0.3 is 0 Å². The number of aromatic nitrogens is 1. The average molecular weight is 407 g/mol. The zero-order chi connectivity index (χ0) is 20.2. The number of piperidine rings is 1. The van der Waals surface area contributed by atoms with E-state index in [9.17, 15) is 5.11 Å². The molecule has 2 radical (unpaired) electrons.